The molecular weight excluding hydrogens is 338 g/mol. The van der Waals surface area contributed by atoms with Crippen LogP contribution >= 0.6 is 11.3 Å². The highest BCUT2D eigenvalue weighted by atomic mass is 32.1. The average Bonchev–Trinajstić information content (AvgIpc) is 3.07. The first-order valence-corrected chi connectivity index (χ1v) is 9.27. The summed E-state index contributed by atoms with van der Waals surface area (Å²) < 4.78 is 10.9. The third kappa shape index (κ3) is 4.56. The van der Waals surface area contributed by atoms with Crippen molar-refractivity contribution in [1.29, 1.82) is 0 Å². The van der Waals surface area contributed by atoms with Gasteiger partial charge in [-0.1, -0.05) is 29.0 Å². The van der Waals surface area contributed by atoms with E-state index < -0.39 is 0 Å². The van der Waals surface area contributed by atoms with Gasteiger partial charge in [-0.3, -0.25) is 4.79 Å². The van der Waals surface area contributed by atoms with Gasteiger partial charge in [-0.25, -0.2) is 4.98 Å². The van der Waals surface area contributed by atoms with Crippen LogP contribution in [0.25, 0.3) is 0 Å². The molecule has 1 fully saturated rings. The second-order valence-electron chi connectivity index (χ2n) is 5.83. The molecule has 25 heavy (non-hydrogen) atoms. The van der Waals surface area contributed by atoms with Gasteiger partial charge in [0.15, 0.2) is 5.13 Å². The summed E-state index contributed by atoms with van der Waals surface area (Å²) in [6.45, 7) is 7.83. The molecular formula is C18H23N3O3S. The number of morpholine rings is 1. The highest BCUT2D eigenvalue weighted by Crippen LogP contribution is 2.28. The van der Waals surface area contributed by atoms with Gasteiger partial charge in [0.25, 0.3) is 5.91 Å². The third-order valence-electron chi connectivity index (χ3n) is 3.93. The number of nitrogens with zero attached hydrogens (tertiary/aromatic N) is 2. The van der Waals surface area contributed by atoms with Gasteiger partial charge in [0, 0.05) is 25.4 Å². The maximum Gasteiger partial charge on any atom is 0.267 e. The fourth-order valence-electron chi connectivity index (χ4n) is 2.53. The fourth-order valence-corrected chi connectivity index (χ4v) is 3.54. The van der Waals surface area contributed by atoms with Gasteiger partial charge in [0.2, 0.25) is 0 Å². The molecule has 134 valence electrons. The number of ether oxygens (including phenoxy) is 2. The van der Waals surface area contributed by atoms with Crippen LogP contribution in [0.1, 0.15) is 27.9 Å². The lowest BCUT2D eigenvalue weighted by Crippen LogP contribution is -2.36. The number of carbonyl (C=O) groups is 1. The Hall–Kier alpha value is -1.96. The molecule has 0 aliphatic carbocycles. The quantitative estimate of drug-likeness (QED) is 0.857. The first-order chi connectivity index (χ1) is 12.2. The highest BCUT2D eigenvalue weighted by molar-refractivity contribution is 7.17. The van der Waals surface area contributed by atoms with Gasteiger partial charge in [0.05, 0.1) is 25.5 Å². The summed E-state index contributed by atoms with van der Waals surface area (Å²) in [6.07, 6.45) is 0. The van der Waals surface area contributed by atoms with Gasteiger partial charge in [0.1, 0.15) is 4.88 Å². The summed E-state index contributed by atoms with van der Waals surface area (Å²) in [5, 5.41) is 3.80. The number of hydrogen-bond donors (Lipinski definition) is 1. The molecule has 1 amide bonds. The number of hydrogen-bond acceptors (Lipinski definition) is 6. The first kappa shape index (κ1) is 17.8. The first-order valence-electron chi connectivity index (χ1n) is 8.45. The number of rotatable bonds is 6. The molecule has 0 unspecified atom stereocenters. The van der Waals surface area contributed by atoms with Crippen LogP contribution in [-0.4, -0.2) is 43.8 Å². The van der Waals surface area contributed by atoms with E-state index in [1.54, 1.807) is 0 Å². The predicted molar refractivity (Wildman–Crippen MR) is 99.6 cm³/mol. The van der Waals surface area contributed by atoms with Crippen LogP contribution in [0.15, 0.2) is 24.3 Å². The SMILES string of the molecule is CCOCc1nc(N2CCOCC2)sc1C(=O)Nc1ccc(C)cc1. The second kappa shape index (κ2) is 8.42. The Bertz CT molecular complexity index is 709. The Kier molecular flexibility index (Phi) is 6.01. The van der Waals surface area contributed by atoms with Gasteiger partial charge >= 0.3 is 0 Å². The fraction of sp³-hybridized carbons (Fsp3) is 0.444. The van der Waals surface area contributed by atoms with Gasteiger partial charge in [-0.05, 0) is 26.0 Å². The molecule has 6 nitrogen and oxygen atoms in total. The van der Waals surface area contributed by atoms with Crippen LogP contribution in [0.3, 0.4) is 0 Å². The zero-order valence-corrected chi connectivity index (χ0v) is 15.4. The van der Waals surface area contributed by atoms with E-state index in [4.69, 9.17) is 9.47 Å². The standard InChI is InChI=1S/C18H23N3O3S/c1-3-23-12-15-16(17(22)19-14-6-4-13(2)5-7-14)25-18(20-15)21-8-10-24-11-9-21/h4-7H,3,8-12H2,1-2H3,(H,19,22). The van der Waals surface area contributed by atoms with E-state index in [9.17, 15) is 4.79 Å². The monoisotopic (exact) mass is 361 g/mol. The van der Waals surface area contributed by atoms with E-state index in [0.717, 1.165) is 29.5 Å². The summed E-state index contributed by atoms with van der Waals surface area (Å²) in [5.41, 5.74) is 2.62. The zero-order valence-electron chi connectivity index (χ0n) is 14.6. The topological polar surface area (TPSA) is 63.7 Å². The maximum atomic E-state index is 12.7. The average molecular weight is 361 g/mol. The van der Waals surface area contributed by atoms with Crippen molar-refractivity contribution in [2.45, 2.75) is 20.5 Å². The molecule has 2 aromatic rings. The van der Waals surface area contributed by atoms with Gasteiger partial charge in [-0.15, -0.1) is 0 Å². The third-order valence-corrected chi connectivity index (χ3v) is 5.08. The normalized spacial score (nSPS) is 14.6. The molecule has 1 aromatic carbocycles. The Labute approximate surface area is 151 Å². The number of aryl methyl sites for hydroxylation is 1. The molecule has 1 aromatic heterocycles. The van der Waals surface area contributed by atoms with Gasteiger partial charge in [-0.2, -0.15) is 0 Å². The number of amides is 1. The van der Waals surface area contributed by atoms with Crippen molar-refractivity contribution < 1.29 is 14.3 Å². The van der Waals surface area contributed by atoms with Crippen molar-refractivity contribution in [3.05, 3.63) is 40.4 Å². The lowest BCUT2D eigenvalue weighted by atomic mass is 10.2. The minimum atomic E-state index is -0.143. The smallest absolute Gasteiger partial charge is 0.267 e. The molecule has 1 aliphatic rings. The van der Waals surface area contributed by atoms with Crippen molar-refractivity contribution in [2.75, 3.05) is 43.1 Å². The van der Waals surface area contributed by atoms with Gasteiger partial charge < -0.3 is 19.7 Å². The number of anilines is 2. The molecule has 7 heteroatoms. The van der Waals surface area contributed by atoms with Crippen molar-refractivity contribution in [3.8, 4) is 0 Å². The van der Waals surface area contributed by atoms with Crippen molar-refractivity contribution >= 4 is 28.1 Å². The summed E-state index contributed by atoms with van der Waals surface area (Å²) in [6, 6.07) is 7.75. The zero-order chi connectivity index (χ0) is 17.6. The lowest BCUT2D eigenvalue weighted by molar-refractivity contribution is 0.101. The van der Waals surface area contributed by atoms with Crippen LogP contribution in [0.5, 0.6) is 0 Å². The summed E-state index contributed by atoms with van der Waals surface area (Å²) in [4.78, 5) is 20.2. The summed E-state index contributed by atoms with van der Waals surface area (Å²) in [7, 11) is 0. The van der Waals surface area contributed by atoms with Crippen LogP contribution in [0, 0.1) is 6.92 Å². The predicted octanol–water partition coefficient (Wildman–Crippen LogP) is 3.08. The molecule has 1 saturated heterocycles. The Balaban J connectivity index is 1.80. The number of thiazole rings is 1. The molecule has 1 N–H and O–H groups in total. The van der Waals surface area contributed by atoms with Crippen molar-refractivity contribution in [3.63, 3.8) is 0 Å². The van der Waals surface area contributed by atoms with Crippen LogP contribution in [0.4, 0.5) is 10.8 Å². The number of nitrogens with one attached hydrogen (secondary N) is 1. The van der Waals surface area contributed by atoms with E-state index in [1.165, 1.54) is 11.3 Å². The molecule has 2 heterocycles. The highest BCUT2D eigenvalue weighted by Gasteiger charge is 2.22. The molecule has 3 rings (SSSR count). The van der Waals surface area contributed by atoms with E-state index >= 15 is 0 Å². The van der Waals surface area contributed by atoms with Crippen molar-refractivity contribution in [2.24, 2.45) is 0 Å². The van der Waals surface area contributed by atoms with Crippen molar-refractivity contribution in [1.82, 2.24) is 4.98 Å². The number of benzene rings is 1. The van der Waals surface area contributed by atoms with Crippen LogP contribution in [-0.2, 0) is 16.1 Å². The largest absolute Gasteiger partial charge is 0.378 e. The van der Waals surface area contributed by atoms with E-state index in [2.05, 4.69) is 15.2 Å². The molecule has 1 aliphatic heterocycles. The Morgan fingerprint density at radius 2 is 2.04 bits per heavy atom. The van der Waals surface area contributed by atoms with E-state index in [0.29, 0.717) is 37.0 Å². The molecule has 0 radical (unpaired) electrons. The minimum Gasteiger partial charge on any atom is -0.378 e. The number of carbonyl (C=O) groups excluding carboxylic acids is 1. The minimum absolute atomic E-state index is 0.143. The Morgan fingerprint density at radius 1 is 1.32 bits per heavy atom. The molecule has 0 atom stereocenters. The summed E-state index contributed by atoms with van der Waals surface area (Å²) in [5.74, 6) is -0.143. The number of aromatic nitrogens is 1. The van der Waals surface area contributed by atoms with Crippen LogP contribution < -0.4 is 10.2 Å². The second-order valence-corrected chi connectivity index (χ2v) is 6.81. The van der Waals surface area contributed by atoms with E-state index in [1.807, 2.05) is 38.1 Å². The molecule has 0 saturated carbocycles. The lowest BCUT2D eigenvalue weighted by Gasteiger charge is -2.26. The van der Waals surface area contributed by atoms with Crippen LogP contribution in [0.2, 0.25) is 0 Å². The Morgan fingerprint density at radius 3 is 2.72 bits per heavy atom. The molecule has 0 bridgehead atoms. The maximum absolute atomic E-state index is 12.7. The van der Waals surface area contributed by atoms with E-state index in [-0.39, 0.29) is 5.91 Å². The molecule has 0 spiro atoms. The summed E-state index contributed by atoms with van der Waals surface area (Å²) >= 11 is 1.41.